The van der Waals surface area contributed by atoms with E-state index in [9.17, 15) is 0 Å². The number of nitrogens with one attached hydrogen (secondary N) is 2. The number of methoxy groups -OCH3 is 1. The van der Waals surface area contributed by atoms with Crippen LogP contribution in [0.3, 0.4) is 0 Å². The molecule has 0 radical (unpaired) electrons. The predicted octanol–water partition coefficient (Wildman–Crippen LogP) is 3.15. The second kappa shape index (κ2) is 8.14. The van der Waals surface area contributed by atoms with E-state index in [2.05, 4.69) is 53.1 Å². The van der Waals surface area contributed by atoms with E-state index in [1.54, 1.807) is 7.11 Å². The van der Waals surface area contributed by atoms with Gasteiger partial charge < -0.3 is 15.4 Å². The van der Waals surface area contributed by atoms with E-state index in [1.165, 1.54) is 24.0 Å². The second-order valence-corrected chi connectivity index (χ2v) is 6.19. The van der Waals surface area contributed by atoms with Crippen LogP contribution in [-0.2, 0) is 13.0 Å². The molecule has 0 unspecified atom stereocenters. The van der Waals surface area contributed by atoms with Crippen molar-refractivity contribution in [2.75, 3.05) is 13.7 Å². The van der Waals surface area contributed by atoms with Gasteiger partial charge in [-0.25, -0.2) is 0 Å². The van der Waals surface area contributed by atoms with Crippen LogP contribution < -0.4 is 15.4 Å². The highest BCUT2D eigenvalue weighted by Crippen LogP contribution is 2.19. The Morgan fingerprint density at radius 1 is 1.09 bits per heavy atom. The summed E-state index contributed by atoms with van der Waals surface area (Å²) in [5, 5.41) is 7.43. The maximum Gasteiger partial charge on any atom is 0.123 e. The van der Waals surface area contributed by atoms with Crippen LogP contribution >= 0.6 is 0 Å². The first-order chi connectivity index (χ1) is 11.4. The van der Waals surface area contributed by atoms with Crippen molar-refractivity contribution >= 4 is 0 Å². The van der Waals surface area contributed by atoms with Crippen LogP contribution in [0.2, 0.25) is 0 Å². The average Bonchev–Trinajstić information content (AvgIpc) is 2.62. The van der Waals surface area contributed by atoms with E-state index in [1.807, 2.05) is 12.1 Å². The first kappa shape index (κ1) is 16.0. The lowest BCUT2D eigenvalue weighted by molar-refractivity contribution is 0.296. The molecule has 2 aromatic rings. The van der Waals surface area contributed by atoms with Gasteiger partial charge in [0.1, 0.15) is 5.75 Å². The highest BCUT2D eigenvalue weighted by atomic mass is 16.5. The molecule has 0 spiro atoms. The fourth-order valence-corrected chi connectivity index (χ4v) is 3.37. The van der Waals surface area contributed by atoms with Crippen LogP contribution in [0.1, 0.15) is 24.0 Å². The Balaban J connectivity index is 1.62. The smallest absolute Gasteiger partial charge is 0.123 e. The third-order valence-corrected chi connectivity index (χ3v) is 4.63. The fraction of sp³-hybridized carbons (Fsp3) is 0.400. The van der Waals surface area contributed by atoms with Crippen molar-refractivity contribution in [2.45, 2.75) is 37.9 Å². The van der Waals surface area contributed by atoms with Crippen LogP contribution in [0.25, 0.3) is 0 Å². The molecule has 0 aromatic heterocycles. The first-order valence-electron chi connectivity index (χ1n) is 8.49. The summed E-state index contributed by atoms with van der Waals surface area (Å²) in [5.41, 5.74) is 2.62. The van der Waals surface area contributed by atoms with Gasteiger partial charge in [0, 0.05) is 24.2 Å². The molecule has 0 amide bonds. The highest BCUT2D eigenvalue weighted by molar-refractivity contribution is 5.33. The SMILES string of the molecule is COc1ccccc1CN[C@H]1CCCN[C@H]1Cc1ccccc1. The van der Waals surface area contributed by atoms with Crippen LogP contribution in [0.4, 0.5) is 0 Å². The molecular formula is C20H26N2O. The largest absolute Gasteiger partial charge is 0.496 e. The summed E-state index contributed by atoms with van der Waals surface area (Å²) in [6.45, 7) is 1.96. The summed E-state index contributed by atoms with van der Waals surface area (Å²) in [7, 11) is 1.74. The molecule has 23 heavy (non-hydrogen) atoms. The number of benzene rings is 2. The zero-order chi connectivity index (χ0) is 15.9. The second-order valence-electron chi connectivity index (χ2n) is 6.19. The Labute approximate surface area is 139 Å². The van der Waals surface area contributed by atoms with E-state index in [0.29, 0.717) is 12.1 Å². The molecule has 3 heteroatoms. The number of hydrogen-bond donors (Lipinski definition) is 2. The van der Waals surface area contributed by atoms with Crippen molar-refractivity contribution in [2.24, 2.45) is 0 Å². The number of rotatable bonds is 6. The van der Waals surface area contributed by atoms with Gasteiger partial charge in [-0.15, -0.1) is 0 Å². The monoisotopic (exact) mass is 310 g/mol. The number of hydrogen-bond acceptors (Lipinski definition) is 3. The predicted molar refractivity (Wildman–Crippen MR) is 94.8 cm³/mol. The van der Waals surface area contributed by atoms with Crippen molar-refractivity contribution in [1.29, 1.82) is 0 Å². The van der Waals surface area contributed by atoms with Crippen LogP contribution in [-0.4, -0.2) is 25.7 Å². The lowest BCUT2D eigenvalue weighted by Gasteiger charge is -2.34. The summed E-state index contributed by atoms with van der Waals surface area (Å²) < 4.78 is 5.45. The molecule has 3 nitrogen and oxygen atoms in total. The third kappa shape index (κ3) is 4.34. The molecule has 0 saturated carbocycles. The van der Waals surface area contributed by atoms with Gasteiger partial charge in [0.2, 0.25) is 0 Å². The molecule has 1 fully saturated rings. The summed E-state index contributed by atoms with van der Waals surface area (Å²) in [6, 6.07) is 20.0. The first-order valence-corrected chi connectivity index (χ1v) is 8.49. The Hall–Kier alpha value is -1.84. The van der Waals surface area contributed by atoms with Gasteiger partial charge in [-0.2, -0.15) is 0 Å². The van der Waals surface area contributed by atoms with E-state index in [-0.39, 0.29) is 0 Å². The Kier molecular flexibility index (Phi) is 5.67. The van der Waals surface area contributed by atoms with Crippen molar-refractivity contribution in [3.63, 3.8) is 0 Å². The van der Waals surface area contributed by atoms with Crippen molar-refractivity contribution in [3.8, 4) is 5.75 Å². The number of para-hydroxylation sites is 1. The van der Waals surface area contributed by atoms with Gasteiger partial charge in [0.25, 0.3) is 0 Å². The molecule has 3 rings (SSSR count). The van der Waals surface area contributed by atoms with E-state index >= 15 is 0 Å². The van der Waals surface area contributed by atoms with Gasteiger partial charge >= 0.3 is 0 Å². The number of ether oxygens (including phenoxy) is 1. The van der Waals surface area contributed by atoms with Crippen molar-refractivity contribution < 1.29 is 4.74 Å². The minimum Gasteiger partial charge on any atom is -0.496 e. The molecular weight excluding hydrogens is 284 g/mol. The fourth-order valence-electron chi connectivity index (χ4n) is 3.37. The summed E-state index contributed by atoms with van der Waals surface area (Å²) >= 11 is 0. The maximum absolute atomic E-state index is 5.45. The summed E-state index contributed by atoms with van der Waals surface area (Å²) in [4.78, 5) is 0. The van der Waals surface area contributed by atoms with Gasteiger partial charge in [0.05, 0.1) is 7.11 Å². The van der Waals surface area contributed by atoms with Crippen molar-refractivity contribution in [1.82, 2.24) is 10.6 Å². The van der Waals surface area contributed by atoms with E-state index in [4.69, 9.17) is 4.74 Å². The molecule has 2 aromatic carbocycles. The van der Waals surface area contributed by atoms with Crippen LogP contribution in [0.15, 0.2) is 54.6 Å². The van der Waals surface area contributed by atoms with Crippen LogP contribution in [0.5, 0.6) is 5.75 Å². The topological polar surface area (TPSA) is 33.3 Å². The minimum atomic E-state index is 0.487. The molecule has 1 aliphatic heterocycles. The molecule has 122 valence electrons. The summed E-state index contributed by atoms with van der Waals surface area (Å²) in [6.07, 6.45) is 3.53. The van der Waals surface area contributed by atoms with Gasteiger partial charge in [-0.1, -0.05) is 48.5 Å². The standard InChI is InChI=1S/C20H26N2O/c1-23-20-12-6-5-10-17(20)15-22-18-11-7-13-21-19(18)14-16-8-3-2-4-9-16/h2-6,8-10,12,18-19,21-22H,7,11,13-15H2,1H3/t18-,19-/m0/s1. The van der Waals surface area contributed by atoms with Gasteiger partial charge in [0.15, 0.2) is 0 Å². The normalized spacial score (nSPS) is 21.1. The van der Waals surface area contributed by atoms with Gasteiger partial charge in [-0.05, 0) is 37.4 Å². The Bertz CT molecular complexity index is 600. The molecule has 1 heterocycles. The zero-order valence-corrected chi connectivity index (χ0v) is 13.8. The minimum absolute atomic E-state index is 0.487. The van der Waals surface area contributed by atoms with E-state index < -0.39 is 0 Å². The lowest BCUT2D eigenvalue weighted by atomic mass is 9.92. The number of piperidine rings is 1. The van der Waals surface area contributed by atoms with Crippen LogP contribution in [0, 0.1) is 0 Å². The lowest BCUT2D eigenvalue weighted by Crippen LogP contribution is -2.52. The molecule has 2 N–H and O–H groups in total. The Morgan fingerprint density at radius 2 is 1.87 bits per heavy atom. The third-order valence-electron chi connectivity index (χ3n) is 4.63. The Morgan fingerprint density at radius 3 is 2.70 bits per heavy atom. The van der Waals surface area contributed by atoms with Gasteiger partial charge in [-0.3, -0.25) is 0 Å². The molecule has 2 atom stereocenters. The molecule has 0 aliphatic carbocycles. The van der Waals surface area contributed by atoms with Crippen molar-refractivity contribution in [3.05, 3.63) is 65.7 Å². The summed E-state index contributed by atoms with van der Waals surface area (Å²) in [5.74, 6) is 0.961. The molecule has 1 saturated heterocycles. The average molecular weight is 310 g/mol. The molecule has 0 bridgehead atoms. The van der Waals surface area contributed by atoms with E-state index in [0.717, 1.165) is 25.3 Å². The highest BCUT2D eigenvalue weighted by Gasteiger charge is 2.24. The quantitative estimate of drug-likeness (QED) is 0.860. The zero-order valence-electron chi connectivity index (χ0n) is 13.8. The maximum atomic E-state index is 5.45. The molecule has 1 aliphatic rings.